The van der Waals surface area contributed by atoms with Crippen LogP contribution in [0.25, 0.3) is 17.4 Å². The Morgan fingerprint density at radius 1 is 1.10 bits per heavy atom. The van der Waals surface area contributed by atoms with Crippen LogP contribution in [0.4, 0.5) is 5.69 Å². The summed E-state index contributed by atoms with van der Waals surface area (Å²) >= 11 is 13.5. The van der Waals surface area contributed by atoms with Gasteiger partial charge in [0.15, 0.2) is 5.17 Å². The molecule has 1 aliphatic rings. The maximum atomic E-state index is 12.3. The Kier molecular flexibility index (Phi) is 5.67. The molecule has 8 heteroatoms. The number of methoxy groups -OCH3 is 1. The summed E-state index contributed by atoms with van der Waals surface area (Å²) in [7, 11) is 1.60. The maximum Gasteiger partial charge on any atom is 0.264 e. The van der Waals surface area contributed by atoms with E-state index in [2.05, 4.69) is 10.3 Å². The number of thioether (sulfide) groups is 1. The SMILES string of the molecule is COc1ccc(N=C2NC(=O)/C(=C/c3ccc(-c4cc(Cl)ccc4Cl)o3)S2)cc1. The Balaban J connectivity index is 1.54. The zero-order valence-electron chi connectivity index (χ0n) is 15.1. The highest BCUT2D eigenvalue weighted by atomic mass is 35.5. The van der Waals surface area contributed by atoms with Gasteiger partial charge in [-0.05, 0) is 66.4 Å². The van der Waals surface area contributed by atoms with Gasteiger partial charge >= 0.3 is 0 Å². The van der Waals surface area contributed by atoms with Gasteiger partial charge < -0.3 is 14.5 Å². The van der Waals surface area contributed by atoms with Gasteiger partial charge in [-0.25, -0.2) is 4.99 Å². The number of halogens is 2. The van der Waals surface area contributed by atoms with Crippen LogP contribution < -0.4 is 10.1 Å². The lowest BCUT2D eigenvalue weighted by Gasteiger charge is -2.01. The van der Waals surface area contributed by atoms with Crippen LogP contribution >= 0.6 is 35.0 Å². The summed E-state index contributed by atoms with van der Waals surface area (Å²) in [6, 6.07) is 16.0. The van der Waals surface area contributed by atoms with E-state index in [-0.39, 0.29) is 5.91 Å². The number of amidine groups is 1. The summed E-state index contributed by atoms with van der Waals surface area (Å²) in [6.45, 7) is 0. The lowest BCUT2D eigenvalue weighted by molar-refractivity contribution is -0.115. The van der Waals surface area contributed by atoms with Gasteiger partial charge in [0.05, 0.1) is 22.7 Å². The topological polar surface area (TPSA) is 63.8 Å². The lowest BCUT2D eigenvalue weighted by atomic mass is 10.2. The average Bonchev–Trinajstić information content (AvgIpc) is 3.31. The third-order valence-corrected chi connectivity index (χ3v) is 5.52. The van der Waals surface area contributed by atoms with Gasteiger partial charge in [-0.3, -0.25) is 4.79 Å². The van der Waals surface area contributed by atoms with E-state index in [4.69, 9.17) is 32.4 Å². The first kappa shape index (κ1) is 19.6. The molecule has 0 spiro atoms. The number of ether oxygens (including phenoxy) is 1. The molecule has 2 heterocycles. The van der Waals surface area contributed by atoms with Crippen LogP contribution in [-0.2, 0) is 4.79 Å². The minimum Gasteiger partial charge on any atom is -0.497 e. The Morgan fingerprint density at radius 2 is 1.90 bits per heavy atom. The van der Waals surface area contributed by atoms with Gasteiger partial charge in [0, 0.05) is 16.7 Å². The minimum atomic E-state index is -0.235. The number of aliphatic imine (C=N–C) groups is 1. The molecule has 0 radical (unpaired) electrons. The van der Waals surface area contributed by atoms with E-state index in [9.17, 15) is 4.79 Å². The molecule has 1 fully saturated rings. The van der Waals surface area contributed by atoms with E-state index in [0.717, 1.165) is 5.75 Å². The van der Waals surface area contributed by atoms with Gasteiger partial charge in [0.25, 0.3) is 5.91 Å². The molecule has 1 saturated heterocycles. The Morgan fingerprint density at radius 3 is 2.66 bits per heavy atom. The second-order valence-corrected chi connectivity index (χ2v) is 7.88. The molecule has 5 nitrogen and oxygen atoms in total. The predicted octanol–water partition coefficient (Wildman–Crippen LogP) is 6.15. The molecule has 1 N–H and O–H groups in total. The van der Waals surface area contributed by atoms with Crippen molar-refractivity contribution in [1.29, 1.82) is 0 Å². The fourth-order valence-electron chi connectivity index (χ4n) is 2.65. The quantitative estimate of drug-likeness (QED) is 0.489. The molecular weight excluding hydrogens is 431 g/mol. The van der Waals surface area contributed by atoms with Crippen molar-refractivity contribution in [2.75, 3.05) is 7.11 Å². The molecule has 1 aliphatic heterocycles. The first-order valence-corrected chi connectivity index (χ1v) is 10.1. The first-order chi connectivity index (χ1) is 14.0. The van der Waals surface area contributed by atoms with E-state index < -0.39 is 0 Å². The van der Waals surface area contributed by atoms with Gasteiger partial charge in [-0.1, -0.05) is 23.2 Å². The third-order valence-electron chi connectivity index (χ3n) is 4.05. The highest BCUT2D eigenvalue weighted by Crippen LogP contribution is 2.34. The number of rotatable bonds is 4. The number of nitrogens with one attached hydrogen (secondary N) is 1. The second-order valence-electron chi connectivity index (χ2n) is 6.01. The number of hydrogen-bond donors (Lipinski definition) is 1. The zero-order valence-corrected chi connectivity index (χ0v) is 17.4. The second kappa shape index (κ2) is 8.37. The summed E-state index contributed by atoms with van der Waals surface area (Å²) in [5.74, 6) is 1.60. The Hall–Kier alpha value is -2.67. The molecule has 4 rings (SSSR count). The number of benzene rings is 2. The average molecular weight is 445 g/mol. The number of amides is 1. The van der Waals surface area contributed by atoms with E-state index in [1.54, 1.807) is 43.5 Å². The minimum absolute atomic E-state index is 0.235. The molecule has 0 bridgehead atoms. The van der Waals surface area contributed by atoms with E-state index >= 15 is 0 Å². The van der Waals surface area contributed by atoms with Crippen molar-refractivity contribution in [2.45, 2.75) is 0 Å². The standard InChI is InChI=1S/C21H14Cl2N2O3S/c1-27-14-5-3-13(4-6-14)24-21-25-20(26)19(29-21)11-15-7-9-18(28-15)16-10-12(22)2-8-17(16)23/h2-11H,1H3,(H,24,25,26)/b19-11-. The molecule has 29 heavy (non-hydrogen) atoms. The first-order valence-electron chi connectivity index (χ1n) is 8.51. The van der Waals surface area contributed by atoms with Crippen molar-refractivity contribution in [3.63, 3.8) is 0 Å². The third kappa shape index (κ3) is 4.50. The normalized spacial score (nSPS) is 16.4. The predicted molar refractivity (Wildman–Crippen MR) is 118 cm³/mol. The Bertz CT molecular complexity index is 1140. The van der Waals surface area contributed by atoms with Crippen molar-refractivity contribution in [1.82, 2.24) is 5.32 Å². The zero-order chi connectivity index (χ0) is 20.4. The number of furan rings is 1. The maximum absolute atomic E-state index is 12.3. The molecule has 146 valence electrons. The van der Waals surface area contributed by atoms with Crippen LogP contribution in [0.3, 0.4) is 0 Å². The van der Waals surface area contributed by atoms with Crippen LogP contribution in [0, 0.1) is 0 Å². The highest BCUT2D eigenvalue weighted by molar-refractivity contribution is 8.18. The summed E-state index contributed by atoms with van der Waals surface area (Å²) in [4.78, 5) is 17.2. The number of carbonyl (C=O) groups excluding carboxylic acids is 1. The van der Waals surface area contributed by atoms with Crippen LogP contribution in [0.15, 0.2) is 68.9 Å². The van der Waals surface area contributed by atoms with E-state index in [1.807, 2.05) is 24.3 Å². The van der Waals surface area contributed by atoms with Gasteiger partial charge in [-0.15, -0.1) is 0 Å². The fourth-order valence-corrected chi connectivity index (χ4v) is 3.85. The Labute approximate surface area is 181 Å². The largest absolute Gasteiger partial charge is 0.497 e. The van der Waals surface area contributed by atoms with E-state index in [0.29, 0.717) is 42.9 Å². The van der Waals surface area contributed by atoms with Crippen LogP contribution in [0.1, 0.15) is 5.76 Å². The van der Waals surface area contributed by atoms with E-state index in [1.165, 1.54) is 11.8 Å². The molecule has 0 atom stereocenters. The van der Waals surface area contributed by atoms with Crippen molar-refractivity contribution in [2.24, 2.45) is 4.99 Å². The molecule has 2 aromatic carbocycles. The number of hydrogen-bond acceptors (Lipinski definition) is 5. The number of nitrogens with zero attached hydrogens (tertiary/aromatic N) is 1. The highest BCUT2D eigenvalue weighted by Gasteiger charge is 2.24. The monoisotopic (exact) mass is 444 g/mol. The molecule has 0 aliphatic carbocycles. The molecule has 1 aromatic heterocycles. The summed E-state index contributed by atoms with van der Waals surface area (Å²) in [5.41, 5.74) is 1.40. The molecular formula is C21H14Cl2N2O3S. The van der Waals surface area contributed by atoms with Gasteiger partial charge in [0.1, 0.15) is 17.3 Å². The van der Waals surface area contributed by atoms with Crippen molar-refractivity contribution < 1.29 is 13.9 Å². The summed E-state index contributed by atoms with van der Waals surface area (Å²) in [6.07, 6.45) is 1.67. The molecule has 1 amide bonds. The van der Waals surface area contributed by atoms with Gasteiger partial charge in [0.2, 0.25) is 0 Å². The summed E-state index contributed by atoms with van der Waals surface area (Å²) < 4.78 is 11.0. The molecule has 0 saturated carbocycles. The van der Waals surface area contributed by atoms with Crippen LogP contribution in [-0.4, -0.2) is 18.2 Å². The van der Waals surface area contributed by atoms with Crippen molar-refractivity contribution in [3.05, 3.63) is 75.3 Å². The van der Waals surface area contributed by atoms with Crippen molar-refractivity contribution >= 4 is 57.8 Å². The smallest absolute Gasteiger partial charge is 0.264 e. The van der Waals surface area contributed by atoms with Crippen molar-refractivity contribution in [3.8, 4) is 17.1 Å². The van der Waals surface area contributed by atoms with Crippen LogP contribution in [0.2, 0.25) is 10.0 Å². The number of carbonyl (C=O) groups is 1. The van der Waals surface area contributed by atoms with Gasteiger partial charge in [-0.2, -0.15) is 0 Å². The lowest BCUT2D eigenvalue weighted by Crippen LogP contribution is -2.19. The summed E-state index contributed by atoms with van der Waals surface area (Å²) in [5, 5.41) is 4.34. The molecule has 0 unspecified atom stereocenters. The van der Waals surface area contributed by atoms with Crippen LogP contribution in [0.5, 0.6) is 5.75 Å². The molecule has 3 aromatic rings. The fraction of sp³-hybridized carbons (Fsp3) is 0.0476.